The SMILES string of the molecule is Cc1cccc(CCNC(=O)C(C)(C)c2ccc(F)cc2)c1. The maximum atomic E-state index is 13.0. The average molecular weight is 299 g/mol. The van der Waals surface area contributed by atoms with Gasteiger partial charge in [0.15, 0.2) is 0 Å². The molecule has 2 rings (SSSR count). The molecule has 22 heavy (non-hydrogen) atoms. The molecule has 0 aliphatic heterocycles. The number of benzene rings is 2. The van der Waals surface area contributed by atoms with Gasteiger partial charge in [-0.1, -0.05) is 42.0 Å². The van der Waals surface area contributed by atoms with Gasteiger partial charge in [-0.2, -0.15) is 0 Å². The number of nitrogens with one attached hydrogen (secondary N) is 1. The zero-order valence-corrected chi connectivity index (χ0v) is 13.3. The zero-order valence-electron chi connectivity index (χ0n) is 13.3. The van der Waals surface area contributed by atoms with E-state index < -0.39 is 5.41 Å². The van der Waals surface area contributed by atoms with Crippen LogP contribution in [0.1, 0.15) is 30.5 Å². The summed E-state index contributed by atoms with van der Waals surface area (Å²) in [5.41, 5.74) is 2.55. The summed E-state index contributed by atoms with van der Waals surface area (Å²) in [6, 6.07) is 14.4. The van der Waals surface area contributed by atoms with Gasteiger partial charge in [-0.3, -0.25) is 4.79 Å². The number of aryl methyl sites for hydroxylation is 1. The Kier molecular flexibility index (Phi) is 4.96. The summed E-state index contributed by atoms with van der Waals surface area (Å²) in [6.45, 7) is 6.34. The Labute approximate surface area is 131 Å². The van der Waals surface area contributed by atoms with Crippen LogP contribution in [0.15, 0.2) is 48.5 Å². The van der Waals surface area contributed by atoms with Crippen LogP contribution in [0.25, 0.3) is 0 Å². The highest BCUT2D eigenvalue weighted by Crippen LogP contribution is 2.23. The van der Waals surface area contributed by atoms with E-state index in [0.717, 1.165) is 12.0 Å². The summed E-state index contributed by atoms with van der Waals surface area (Å²) < 4.78 is 13.0. The maximum absolute atomic E-state index is 13.0. The minimum atomic E-state index is -0.680. The molecule has 2 nitrogen and oxygen atoms in total. The Hall–Kier alpha value is -2.16. The topological polar surface area (TPSA) is 29.1 Å². The van der Waals surface area contributed by atoms with Gasteiger partial charge in [0.05, 0.1) is 5.41 Å². The molecular weight excluding hydrogens is 277 g/mol. The molecule has 0 saturated heterocycles. The second-order valence-electron chi connectivity index (χ2n) is 6.13. The molecule has 0 aliphatic rings. The molecule has 0 aliphatic carbocycles. The summed E-state index contributed by atoms with van der Waals surface area (Å²) in [5.74, 6) is -0.342. The third kappa shape index (κ3) is 3.94. The summed E-state index contributed by atoms with van der Waals surface area (Å²) in [6.07, 6.45) is 0.799. The smallest absolute Gasteiger partial charge is 0.230 e. The minimum Gasteiger partial charge on any atom is -0.355 e. The Balaban J connectivity index is 1.95. The van der Waals surface area contributed by atoms with E-state index in [2.05, 4.69) is 30.4 Å². The van der Waals surface area contributed by atoms with Crippen molar-refractivity contribution in [2.45, 2.75) is 32.6 Å². The number of rotatable bonds is 5. The van der Waals surface area contributed by atoms with Crippen molar-refractivity contribution in [3.63, 3.8) is 0 Å². The van der Waals surface area contributed by atoms with Gasteiger partial charge in [0.1, 0.15) is 5.82 Å². The fraction of sp³-hybridized carbons (Fsp3) is 0.316. The molecule has 0 bridgehead atoms. The lowest BCUT2D eigenvalue weighted by Crippen LogP contribution is -2.40. The van der Waals surface area contributed by atoms with Gasteiger partial charge in [-0.05, 0) is 50.5 Å². The predicted molar refractivity (Wildman–Crippen MR) is 87.3 cm³/mol. The standard InChI is InChI=1S/C19H22FNO/c1-14-5-4-6-15(13-14)11-12-21-18(22)19(2,3)16-7-9-17(20)10-8-16/h4-10,13H,11-12H2,1-3H3,(H,21,22). The third-order valence-electron chi connectivity index (χ3n) is 3.92. The second-order valence-corrected chi connectivity index (χ2v) is 6.13. The monoisotopic (exact) mass is 299 g/mol. The van der Waals surface area contributed by atoms with Crippen LogP contribution in [0.2, 0.25) is 0 Å². The number of carbonyl (C=O) groups is 1. The third-order valence-corrected chi connectivity index (χ3v) is 3.92. The largest absolute Gasteiger partial charge is 0.355 e. The molecule has 3 heteroatoms. The number of hydrogen-bond donors (Lipinski definition) is 1. The molecule has 0 fully saturated rings. The van der Waals surface area contributed by atoms with E-state index in [1.165, 1.54) is 23.3 Å². The van der Waals surface area contributed by atoms with E-state index in [0.29, 0.717) is 6.54 Å². The molecule has 0 radical (unpaired) electrons. The first-order valence-corrected chi connectivity index (χ1v) is 7.49. The highest BCUT2D eigenvalue weighted by molar-refractivity contribution is 5.87. The van der Waals surface area contributed by atoms with Crippen LogP contribution in [0.3, 0.4) is 0 Å². The van der Waals surface area contributed by atoms with Crippen molar-refractivity contribution < 1.29 is 9.18 Å². The van der Waals surface area contributed by atoms with Crippen LogP contribution in [-0.4, -0.2) is 12.5 Å². The van der Waals surface area contributed by atoms with Crippen molar-refractivity contribution in [2.24, 2.45) is 0 Å². The van der Waals surface area contributed by atoms with Crippen LogP contribution in [0.4, 0.5) is 4.39 Å². The summed E-state index contributed by atoms with van der Waals surface area (Å²) >= 11 is 0. The van der Waals surface area contributed by atoms with E-state index in [-0.39, 0.29) is 11.7 Å². The number of hydrogen-bond acceptors (Lipinski definition) is 1. The van der Waals surface area contributed by atoms with Gasteiger partial charge in [-0.25, -0.2) is 4.39 Å². The van der Waals surface area contributed by atoms with Crippen molar-refractivity contribution in [1.29, 1.82) is 0 Å². The lowest BCUT2D eigenvalue weighted by Gasteiger charge is -2.24. The Morgan fingerprint density at radius 2 is 1.82 bits per heavy atom. The van der Waals surface area contributed by atoms with Crippen molar-refractivity contribution in [3.8, 4) is 0 Å². The molecule has 2 aromatic carbocycles. The lowest BCUT2D eigenvalue weighted by molar-refractivity contribution is -0.125. The van der Waals surface area contributed by atoms with Gasteiger partial charge in [0.2, 0.25) is 5.91 Å². The van der Waals surface area contributed by atoms with Crippen molar-refractivity contribution in [3.05, 3.63) is 71.0 Å². The van der Waals surface area contributed by atoms with Gasteiger partial charge < -0.3 is 5.32 Å². The molecule has 0 spiro atoms. The van der Waals surface area contributed by atoms with E-state index in [1.54, 1.807) is 12.1 Å². The molecule has 0 atom stereocenters. The summed E-state index contributed by atoms with van der Waals surface area (Å²) in [5, 5.41) is 2.97. The lowest BCUT2D eigenvalue weighted by atomic mass is 9.83. The van der Waals surface area contributed by atoms with Crippen LogP contribution in [0, 0.1) is 12.7 Å². The first kappa shape index (κ1) is 16.2. The van der Waals surface area contributed by atoms with E-state index in [1.807, 2.05) is 19.9 Å². The molecule has 1 amide bonds. The predicted octanol–water partition coefficient (Wildman–Crippen LogP) is 3.77. The number of halogens is 1. The van der Waals surface area contributed by atoms with Gasteiger partial charge in [0.25, 0.3) is 0 Å². The van der Waals surface area contributed by atoms with Gasteiger partial charge >= 0.3 is 0 Å². The maximum Gasteiger partial charge on any atom is 0.230 e. The highest BCUT2D eigenvalue weighted by atomic mass is 19.1. The fourth-order valence-corrected chi connectivity index (χ4v) is 2.41. The Morgan fingerprint density at radius 3 is 2.45 bits per heavy atom. The molecule has 0 heterocycles. The first-order valence-electron chi connectivity index (χ1n) is 7.49. The van der Waals surface area contributed by atoms with E-state index >= 15 is 0 Å². The second kappa shape index (κ2) is 6.73. The van der Waals surface area contributed by atoms with Crippen LogP contribution in [0.5, 0.6) is 0 Å². The van der Waals surface area contributed by atoms with Gasteiger partial charge in [-0.15, -0.1) is 0 Å². The first-order chi connectivity index (χ1) is 10.4. The highest BCUT2D eigenvalue weighted by Gasteiger charge is 2.29. The van der Waals surface area contributed by atoms with E-state index in [4.69, 9.17) is 0 Å². The van der Waals surface area contributed by atoms with Crippen LogP contribution in [-0.2, 0) is 16.6 Å². The molecule has 1 N–H and O–H groups in total. The van der Waals surface area contributed by atoms with Crippen molar-refractivity contribution >= 4 is 5.91 Å². The Bertz CT molecular complexity index is 647. The fourth-order valence-electron chi connectivity index (χ4n) is 2.41. The van der Waals surface area contributed by atoms with Crippen LogP contribution < -0.4 is 5.32 Å². The quantitative estimate of drug-likeness (QED) is 0.894. The Morgan fingerprint density at radius 1 is 1.14 bits per heavy atom. The van der Waals surface area contributed by atoms with Crippen molar-refractivity contribution in [2.75, 3.05) is 6.54 Å². The normalized spacial score (nSPS) is 11.3. The molecule has 0 saturated carbocycles. The molecular formula is C19H22FNO. The van der Waals surface area contributed by atoms with Gasteiger partial charge in [0, 0.05) is 6.54 Å². The summed E-state index contributed by atoms with van der Waals surface area (Å²) in [7, 11) is 0. The molecule has 2 aromatic rings. The number of amides is 1. The van der Waals surface area contributed by atoms with Crippen LogP contribution >= 0.6 is 0 Å². The molecule has 0 unspecified atom stereocenters. The minimum absolute atomic E-state index is 0.0493. The number of carbonyl (C=O) groups excluding carboxylic acids is 1. The summed E-state index contributed by atoms with van der Waals surface area (Å²) in [4.78, 5) is 12.4. The zero-order chi connectivity index (χ0) is 16.2. The van der Waals surface area contributed by atoms with Crippen molar-refractivity contribution in [1.82, 2.24) is 5.32 Å². The average Bonchev–Trinajstić information content (AvgIpc) is 2.47. The molecule has 116 valence electrons. The molecule has 0 aromatic heterocycles. The van der Waals surface area contributed by atoms with E-state index in [9.17, 15) is 9.18 Å².